The molecule has 0 radical (unpaired) electrons. The van der Waals surface area contributed by atoms with Gasteiger partial charge in [0.2, 0.25) is 0 Å². The maximum absolute atomic E-state index is 12.4. The number of carbonyl (C=O) groups excluding carboxylic acids is 1. The van der Waals surface area contributed by atoms with Crippen molar-refractivity contribution in [3.63, 3.8) is 0 Å². The van der Waals surface area contributed by atoms with E-state index in [9.17, 15) is 4.79 Å². The number of carbonyl (C=O) groups is 1. The molecule has 0 aromatic carbocycles. The van der Waals surface area contributed by atoms with E-state index in [1.54, 1.807) is 19.2 Å². The maximum atomic E-state index is 12.4. The summed E-state index contributed by atoms with van der Waals surface area (Å²) in [6, 6.07) is 3.43. The Hall–Kier alpha value is -2.04. The Morgan fingerprint density at radius 2 is 1.96 bits per heavy atom. The van der Waals surface area contributed by atoms with Gasteiger partial charge in [0.25, 0.3) is 5.91 Å². The van der Waals surface area contributed by atoms with E-state index in [2.05, 4.69) is 27.3 Å². The molecule has 1 amide bonds. The zero-order valence-electron chi connectivity index (χ0n) is 16.8. The number of aliphatic imine (C=N–C) groups is 1. The number of hydrogen-bond acceptors (Lipinski definition) is 5. The summed E-state index contributed by atoms with van der Waals surface area (Å²) >= 11 is 0. The minimum absolute atomic E-state index is 0. The van der Waals surface area contributed by atoms with Crippen LogP contribution in [0, 0.1) is 13.8 Å². The third-order valence-electron chi connectivity index (χ3n) is 4.96. The van der Waals surface area contributed by atoms with Crippen LogP contribution >= 0.6 is 24.0 Å². The van der Waals surface area contributed by atoms with Crippen molar-refractivity contribution in [1.82, 2.24) is 20.3 Å². The average Bonchev–Trinajstić information content (AvgIpc) is 3.32. The number of furan rings is 1. The van der Waals surface area contributed by atoms with Crippen molar-refractivity contribution in [2.24, 2.45) is 4.99 Å². The normalized spacial score (nSPS) is 15.9. The first-order chi connectivity index (χ1) is 13.0. The molecule has 2 aromatic heterocycles. The minimum atomic E-state index is -0.0605. The zero-order valence-corrected chi connectivity index (χ0v) is 19.1. The second-order valence-corrected chi connectivity index (χ2v) is 6.82. The van der Waals surface area contributed by atoms with E-state index in [1.807, 2.05) is 18.7 Å². The van der Waals surface area contributed by atoms with Gasteiger partial charge in [-0.05, 0) is 26.0 Å². The van der Waals surface area contributed by atoms with Gasteiger partial charge in [-0.25, -0.2) is 0 Å². The molecular formula is C19H28IN5O3. The molecule has 3 rings (SSSR count). The van der Waals surface area contributed by atoms with E-state index in [-0.39, 0.29) is 35.8 Å². The number of aromatic nitrogens is 1. The average molecular weight is 501 g/mol. The van der Waals surface area contributed by atoms with Crippen LogP contribution in [0.4, 0.5) is 0 Å². The molecule has 1 atom stereocenters. The third kappa shape index (κ3) is 4.86. The Bertz CT molecular complexity index is 775. The smallest absolute Gasteiger partial charge is 0.289 e. The number of nitrogens with zero attached hydrogens (tertiary/aromatic N) is 4. The number of aryl methyl sites for hydroxylation is 2. The fraction of sp³-hybridized carbons (Fsp3) is 0.526. The Kier molecular flexibility index (Phi) is 7.90. The van der Waals surface area contributed by atoms with Crippen LogP contribution in [0.25, 0.3) is 0 Å². The molecule has 1 aliphatic rings. The number of rotatable bonds is 4. The standard InChI is InChI=1S/C19H27N5O3.HI/c1-13(17-14(2)22-27-15(17)3)12-21-19(20-4)24-9-7-23(8-10-24)18(25)16-6-5-11-26-16;/h5-6,11,13H,7-10,12H2,1-4H3,(H,20,21);1H. The van der Waals surface area contributed by atoms with Gasteiger partial charge < -0.3 is 24.1 Å². The quantitative estimate of drug-likeness (QED) is 0.394. The molecule has 9 heteroatoms. The lowest BCUT2D eigenvalue weighted by molar-refractivity contribution is 0.0657. The van der Waals surface area contributed by atoms with Gasteiger partial charge in [-0.3, -0.25) is 9.79 Å². The number of piperazine rings is 1. The molecule has 2 aromatic rings. The van der Waals surface area contributed by atoms with E-state index < -0.39 is 0 Å². The summed E-state index contributed by atoms with van der Waals surface area (Å²) in [6.07, 6.45) is 1.52. The summed E-state index contributed by atoms with van der Waals surface area (Å²) in [5, 5.41) is 7.47. The van der Waals surface area contributed by atoms with Crippen LogP contribution in [-0.4, -0.2) is 66.6 Å². The third-order valence-corrected chi connectivity index (χ3v) is 4.96. The molecule has 0 spiro atoms. The number of guanidine groups is 1. The first-order valence-electron chi connectivity index (χ1n) is 9.22. The van der Waals surface area contributed by atoms with Gasteiger partial charge in [-0.2, -0.15) is 0 Å². The second-order valence-electron chi connectivity index (χ2n) is 6.82. The molecule has 0 aliphatic carbocycles. The predicted molar refractivity (Wildman–Crippen MR) is 117 cm³/mol. The molecule has 1 fully saturated rings. The van der Waals surface area contributed by atoms with E-state index in [1.165, 1.54) is 6.26 Å². The van der Waals surface area contributed by atoms with Crippen LogP contribution < -0.4 is 5.32 Å². The largest absolute Gasteiger partial charge is 0.459 e. The van der Waals surface area contributed by atoms with Crippen LogP contribution in [0.5, 0.6) is 0 Å². The van der Waals surface area contributed by atoms with Crippen molar-refractivity contribution >= 4 is 35.8 Å². The van der Waals surface area contributed by atoms with Crippen molar-refractivity contribution in [2.75, 3.05) is 39.8 Å². The monoisotopic (exact) mass is 501 g/mol. The first-order valence-corrected chi connectivity index (χ1v) is 9.22. The van der Waals surface area contributed by atoms with Crippen molar-refractivity contribution in [3.8, 4) is 0 Å². The summed E-state index contributed by atoms with van der Waals surface area (Å²) in [7, 11) is 1.78. The molecule has 1 aliphatic heterocycles. The van der Waals surface area contributed by atoms with Crippen molar-refractivity contribution < 1.29 is 13.7 Å². The van der Waals surface area contributed by atoms with Gasteiger partial charge in [0.05, 0.1) is 12.0 Å². The van der Waals surface area contributed by atoms with Gasteiger partial charge in [0, 0.05) is 51.3 Å². The van der Waals surface area contributed by atoms with E-state index >= 15 is 0 Å². The molecule has 28 heavy (non-hydrogen) atoms. The lowest BCUT2D eigenvalue weighted by atomic mass is 10.00. The second kappa shape index (κ2) is 9.94. The van der Waals surface area contributed by atoms with E-state index in [0.717, 1.165) is 42.6 Å². The highest BCUT2D eigenvalue weighted by molar-refractivity contribution is 14.0. The lowest BCUT2D eigenvalue weighted by Gasteiger charge is -2.36. The van der Waals surface area contributed by atoms with Gasteiger partial charge >= 0.3 is 0 Å². The van der Waals surface area contributed by atoms with Gasteiger partial charge in [-0.15, -0.1) is 24.0 Å². The zero-order chi connectivity index (χ0) is 19.4. The van der Waals surface area contributed by atoms with Gasteiger partial charge in [0.15, 0.2) is 11.7 Å². The van der Waals surface area contributed by atoms with E-state index in [0.29, 0.717) is 18.8 Å². The molecule has 0 saturated carbocycles. The maximum Gasteiger partial charge on any atom is 0.289 e. The SMILES string of the molecule is CN=C(NCC(C)c1c(C)noc1C)N1CCN(C(=O)c2ccco2)CC1.I. The van der Waals surface area contributed by atoms with Crippen LogP contribution in [0.2, 0.25) is 0 Å². The van der Waals surface area contributed by atoms with Crippen LogP contribution in [-0.2, 0) is 0 Å². The lowest BCUT2D eigenvalue weighted by Crippen LogP contribution is -2.54. The minimum Gasteiger partial charge on any atom is -0.459 e. The Labute approximate surface area is 182 Å². The van der Waals surface area contributed by atoms with Crippen LogP contribution in [0.3, 0.4) is 0 Å². The summed E-state index contributed by atoms with van der Waals surface area (Å²) in [6.45, 7) is 9.52. The Balaban J connectivity index is 0.00000280. The molecule has 1 N–H and O–H groups in total. The summed E-state index contributed by atoms with van der Waals surface area (Å²) in [5.74, 6) is 2.30. The number of halogens is 1. The van der Waals surface area contributed by atoms with Crippen LogP contribution in [0.15, 0.2) is 32.3 Å². The van der Waals surface area contributed by atoms with Crippen molar-refractivity contribution in [2.45, 2.75) is 26.7 Å². The Morgan fingerprint density at radius 1 is 1.29 bits per heavy atom. The highest BCUT2D eigenvalue weighted by Gasteiger charge is 2.25. The summed E-state index contributed by atoms with van der Waals surface area (Å²) in [5.41, 5.74) is 2.08. The number of amides is 1. The van der Waals surface area contributed by atoms with Crippen molar-refractivity contribution in [3.05, 3.63) is 41.2 Å². The molecule has 1 unspecified atom stereocenters. The molecule has 3 heterocycles. The molecular weight excluding hydrogens is 473 g/mol. The topological polar surface area (TPSA) is 87.1 Å². The fourth-order valence-corrected chi connectivity index (χ4v) is 3.55. The van der Waals surface area contributed by atoms with Gasteiger partial charge in [-0.1, -0.05) is 12.1 Å². The summed E-state index contributed by atoms with van der Waals surface area (Å²) in [4.78, 5) is 20.8. The van der Waals surface area contributed by atoms with Gasteiger partial charge in [0.1, 0.15) is 5.76 Å². The molecule has 8 nitrogen and oxygen atoms in total. The van der Waals surface area contributed by atoms with Crippen LogP contribution in [0.1, 0.15) is 40.4 Å². The molecule has 0 bridgehead atoms. The highest BCUT2D eigenvalue weighted by atomic mass is 127. The first kappa shape index (κ1) is 22.3. The van der Waals surface area contributed by atoms with Crippen molar-refractivity contribution in [1.29, 1.82) is 0 Å². The highest BCUT2D eigenvalue weighted by Crippen LogP contribution is 2.22. The number of hydrogen-bond donors (Lipinski definition) is 1. The molecule has 1 saturated heterocycles. The fourth-order valence-electron chi connectivity index (χ4n) is 3.55. The molecule has 154 valence electrons. The summed E-state index contributed by atoms with van der Waals surface area (Å²) < 4.78 is 10.5. The number of nitrogens with one attached hydrogen (secondary N) is 1. The predicted octanol–water partition coefficient (Wildman–Crippen LogP) is 2.64. The Morgan fingerprint density at radius 3 is 2.50 bits per heavy atom. The van der Waals surface area contributed by atoms with E-state index in [4.69, 9.17) is 8.94 Å².